The van der Waals surface area contributed by atoms with Crippen LogP contribution in [0.25, 0.3) is 0 Å². The Balaban J connectivity index is 1.74. The Morgan fingerprint density at radius 1 is 0.808 bits per heavy atom. The predicted octanol–water partition coefficient (Wildman–Crippen LogP) is 5.25. The van der Waals surface area contributed by atoms with Gasteiger partial charge in [0.25, 0.3) is 0 Å². The van der Waals surface area contributed by atoms with Crippen LogP contribution in [0.4, 0.5) is 5.69 Å². The second-order valence-corrected chi connectivity index (χ2v) is 7.21. The van der Waals surface area contributed by atoms with Gasteiger partial charge in [0, 0.05) is 11.1 Å². The van der Waals surface area contributed by atoms with Crippen LogP contribution in [0.15, 0.2) is 78.9 Å². The molecule has 26 heavy (non-hydrogen) atoms. The number of hydrogen-bond donors (Lipinski definition) is 1. The molecule has 3 aromatic carbocycles. The molecule has 2 nitrogen and oxygen atoms in total. The second kappa shape index (κ2) is 6.45. The van der Waals surface area contributed by atoms with Gasteiger partial charge >= 0.3 is 0 Å². The van der Waals surface area contributed by atoms with Crippen molar-refractivity contribution in [3.8, 4) is 0 Å². The summed E-state index contributed by atoms with van der Waals surface area (Å²) in [5, 5.41) is 3.10. The number of hydrogen-bond acceptors (Lipinski definition) is 1. The van der Waals surface area contributed by atoms with Crippen LogP contribution in [0.2, 0.25) is 0 Å². The first-order chi connectivity index (χ1) is 12.6. The average Bonchev–Trinajstić information content (AvgIpc) is 3.40. The average molecular weight is 341 g/mol. The summed E-state index contributed by atoms with van der Waals surface area (Å²) in [5.74, 6) is 0.0487. The monoisotopic (exact) mass is 341 g/mol. The molecular formula is C24H23NO. The summed E-state index contributed by atoms with van der Waals surface area (Å²) in [6.07, 6.45) is 0.849. The minimum atomic E-state index is -0.227. The van der Waals surface area contributed by atoms with E-state index in [0.717, 1.165) is 12.1 Å². The molecule has 0 heterocycles. The number of nitrogens with one attached hydrogen (secondary N) is 1. The van der Waals surface area contributed by atoms with Crippen molar-refractivity contribution >= 4 is 11.6 Å². The van der Waals surface area contributed by atoms with Gasteiger partial charge in [-0.2, -0.15) is 0 Å². The summed E-state index contributed by atoms with van der Waals surface area (Å²) in [5.41, 5.74) is 5.64. The molecule has 0 aromatic heterocycles. The van der Waals surface area contributed by atoms with Gasteiger partial charge in [-0.25, -0.2) is 0 Å². The van der Waals surface area contributed by atoms with E-state index < -0.39 is 0 Å². The summed E-state index contributed by atoms with van der Waals surface area (Å²) in [6, 6.07) is 26.6. The number of carbonyl (C=O) groups is 1. The maximum atomic E-state index is 13.0. The van der Waals surface area contributed by atoms with Gasteiger partial charge < -0.3 is 5.32 Å². The molecular weight excluding hydrogens is 318 g/mol. The van der Waals surface area contributed by atoms with Crippen LogP contribution in [-0.4, -0.2) is 5.91 Å². The highest BCUT2D eigenvalue weighted by Crippen LogP contribution is 2.60. The van der Waals surface area contributed by atoms with E-state index in [0.29, 0.717) is 0 Å². The van der Waals surface area contributed by atoms with Gasteiger partial charge in [0.15, 0.2) is 0 Å². The van der Waals surface area contributed by atoms with Crippen molar-refractivity contribution in [3.05, 3.63) is 101 Å². The van der Waals surface area contributed by atoms with Crippen molar-refractivity contribution in [2.75, 3.05) is 5.32 Å². The Bertz CT molecular complexity index is 900. The molecule has 4 rings (SSSR count). The van der Waals surface area contributed by atoms with E-state index in [4.69, 9.17) is 0 Å². The molecule has 1 saturated carbocycles. The van der Waals surface area contributed by atoms with Crippen molar-refractivity contribution in [1.82, 2.24) is 0 Å². The van der Waals surface area contributed by atoms with Crippen LogP contribution < -0.4 is 5.32 Å². The highest BCUT2D eigenvalue weighted by molar-refractivity contribution is 5.97. The van der Waals surface area contributed by atoms with E-state index in [-0.39, 0.29) is 17.2 Å². The fourth-order valence-electron chi connectivity index (χ4n) is 4.22. The number of aryl methyl sites for hydroxylation is 2. The van der Waals surface area contributed by atoms with E-state index in [1.54, 1.807) is 0 Å². The first-order valence-corrected chi connectivity index (χ1v) is 9.11. The molecule has 1 amide bonds. The van der Waals surface area contributed by atoms with Gasteiger partial charge in [-0.1, -0.05) is 66.7 Å². The lowest BCUT2D eigenvalue weighted by Gasteiger charge is -2.23. The zero-order valence-electron chi connectivity index (χ0n) is 15.2. The summed E-state index contributed by atoms with van der Waals surface area (Å²) in [4.78, 5) is 13.0. The Morgan fingerprint density at radius 2 is 1.31 bits per heavy atom. The summed E-state index contributed by atoms with van der Waals surface area (Å²) in [7, 11) is 0. The number of carbonyl (C=O) groups excluding carboxylic acids is 1. The zero-order valence-corrected chi connectivity index (χ0v) is 15.2. The standard InChI is InChI=1S/C24H23NO/c1-17-10-6-8-14-20(17)24(21-15-9-7-11-18(21)2)16-22(24)23(26)25-19-12-4-3-5-13-19/h3-15,22H,16H2,1-2H3,(H,25,26). The van der Waals surface area contributed by atoms with E-state index in [1.165, 1.54) is 22.3 Å². The third kappa shape index (κ3) is 2.72. The fraction of sp³-hybridized carbons (Fsp3) is 0.208. The summed E-state index contributed by atoms with van der Waals surface area (Å²) >= 11 is 0. The molecule has 1 aliphatic carbocycles. The molecule has 0 radical (unpaired) electrons. The van der Waals surface area contributed by atoms with Crippen molar-refractivity contribution in [3.63, 3.8) is 0 Å². The van der Waals surface area contributed by atoms with Crippen LogP contribution in [0.1, 0.15) is 28.7 Å². The third-order valence-corrected chi connectivity index (χ3v) is 5.57. The summed E-state index contributed by atoms with van der Waals surface area (Å²) < 4.78 is 0. The Labute approximate surface area is 154 Å². The topological polar surface area (TPSA) is 29.1 Å². The maximum Gasteiger partial charge on any atom is 0.228 e. The van der Waals surface area contributed by atoms with Crippen LogP contribution in [0.3, 0.4) is 0 Å². The van der Waals surface area contributed by atoms with E-state index in [1.807, 2.05) is 30.3 Å². The molecule has 1 aliphatic rings. The Kier molecular flexibility index (Phi) is 4.12. The number of amides is 1. The van der Waals surface area contributed by atoms with Crippen LogP contribution in [0.5, 0.6) is 0 Å². The molecule has 1 unspecified atom stereocenters. The molecule has 1 N–H and O–H groups in total. The highest BCUT2D eigenvalue weighted by atomic mass is 16.2. The normalized spacial score (nSPS) is 17.5. The highest BCUT2D eigenvalue weighted by Gasteiger charge is 2.61. The fourth-order valence-corrected chi connectivity index (χ4v) is 4.22. The quantitative estimate of drug-likeness (QED) is 0.690. The molecule has 130 valence electrons. The van der Waals surface area contributed by atoms with Gasteiger partial charge in [0.05, 0.1) is 5.92 Å². The lowest BCUT2D eigenvalue weighted by Crippen LogP contribution is -2.23. The minimum Gasteiger partial charge on any atom is -0.326 e. The second-order valence-electron chi connectivity index (χ2n) is 7.21. The summed E-state index contributed by atoms with van der Waals surface area (Å²) in [6.45, 7) is 4.28. The molecule has 0 saturated heterocycles. The molecule has 0 bridgehead atoms. The molecule has 0 spiro atoms. The Hall–Kier alpha value is -2.87. The molecule has 0 aliphatic heterocycles. The number of benzene rings is 3. The predicted molar refractivity (Wildman–Crippen MR) is 106 cm³/mol. The minimum absolute atomic E-state index is 0.0510. The molecule has 1 fully saturated rings. The van der Waals surface area contributed by atoms with Crippen molar-refractivity contribution < 1.29 is 4.79 Å². The molecule has 1 atom stereocenters. The van der Waals surface area contributed by atoms with Gasteiger partial charge in [0.2, 0.25) is 5.91 Å². The largest absolute Gasteiger partial charge is 0.326 e. The van der Waals surface area contributed by atoms with Gasteiger partial charge in [0.1, 0.15) is 0 Å². The van der Waals surface area contributed by atoms with Crippen molar-refractivity contribution in [2.24, 2.45) is 5.92 Å². The van der Waals surface area contributed by atoms with Crippen LogP contribution in [-0.2, 0) is 10.2 Å². The smallest absolute Gasteiger partial charge is 0.228 e. The van der Waals surface area contributed by atoms with E-state index >= 15 is 0 Å². The van der Waals surface area contributed by atoms with Gasteiger partial charge in [-0.05, 0) is 54.7 Å². The van der Waals surface area contributed by atoms with Gasteiger partial charge in [-0.3, -0.25) is 4.79 Å². The number of rotatable bonds is 4. The van der Waals surface area contributed by atoms with Crippen LogP contribution >= 0.6 is 0 Å². The van der Waals surface area contributed by atoms with Crippen LogP contribution in [0, 0.1) is 19.8 Å². The molecule has 3 aromatic rings. The SMILES string of the molecule is Cc1ccccc1C1(c2ccccc2C)CC1C(=O)Nc1ccccc1. The zero-order chi connectivity index (χ0) is 18.1. The number of para-hydroxylation sites is 1. The third-order valence-electron chi connectivity index (χ3n) is 5.57. The molecule has 2 heteroatoms. The van der Waals surface area contributed by atoms with Gasteiger partial charge in [-0.15, -0.1) is 0 Å². The lowest BCUT2D eigenvalue weighted by atomic mass is 9.81. The lowest BCUT2D eigenvalue weighted by molar-refractivity contribution is -0.117. The van der Waals surface area contributed by atoms with E-state index in [2.05, 4.69) is 67.7 Å². The maximum absolute atomic E-state index is 13.0. The first-order valence-electron chi connectivity index (χ1n) is 9.11. The van der Waals surface area contributed by atoms with E-state index in [9.17, 15) is 4.79 Å². The van der Waals surface area contributed by atoms with Crippen molar-refractivity contribution in [2.45, 2.75) is 25.7 Å². The Morgan fingerprint density at radius 3 is 1.85 bits per heavy atom. The first kappa shape index (κ1) is 16.6. The van der Waals surface area contributed by atoms with Crippen molar-refractivity contribution in [1.29, 1.82) is 0 Å². The number of anilines is 1.